The summed E-state index contributed by atoms with van der Waals surface area (Å²) >= 11 is 13.9. The summed E-state index contributed by atoms with van der Waals surface area (Å²) in [7, 11) is 0.500. The Morgan fingerprint density at radius 1 is 0.455 bits per heavy atom. The van der Waals surface area contributed by atoms with Gasteiger partial charge in [-0.25, -0.2) is 0 Å². The molecule has 373 valence electrons. The smallest absolute Gasteiger partial charge is 0.0643 e. The molecule has 0 unspecified atom stereocenters. The van der Waals surface area contributed by atoms with Gasteiger partial charge in [-0.2, -0.15) is 0 Å². The Balaban J connectivity index is 0.000000136. The van der Waals surface area contributed by atoms with E-state index in [0.717, 1.165) is 38.6 Å². The van der Waals surface area contributed by atoms with Gasteiger partial charge >= 0.3 is 0 Å². The first-order valence-corrected chi connectivity index (χ1v) is 27.8. The van der Waals surface area contributed by atoms with Crippen molar-refractivity contribution >= 4 is 130 Å². The highest BCUT2D eigenvalue weighted by atomic mass is 35.5. The van der Waals surface area contributed by atoms with Crippen molar-refractivity contribution in [2.24, 2.45) is 0 Å². The van der Waals surface area contributed by atoms with Crippen LogP contribution in [0.1, 0.15) is 92.7 Å². The zero-order valence-electron chi connectivity index (χ0n) is 46.3. The lowest BCUT2D eigenvalue weighted by Crippen LogP contribution is -1.95. The molecule has 0 amide bonds. The quantitative estimate of drug-likeness (QED) is 0.166. The van der Waals surface area contributed by atoms with Crippen molar-refractivity contribution in [3.05, 3.63) is 213 Å². The van der Waals surface area contributed by atoms with E-state index in [0.29, 0.717) is 26.1 Å². The van der Waals surface area contributed by atoms with Gasteiger partial charge in [0.15, 0.2) is 0 Å². The average Bonchev–Trinajstić information content (AvgIpc) is 3.17. The van der Waals surface area contributed by atoms with Crippen LogP contribution in [-0.4, -0.2) is 24.8 Å². The number of nitrogens with one attached hydrogen (secondary N) is 1. The molecular formula is C71H57BCl2N3. The summed E-state index contributed by atoms with van der Waals surface area (Å²) in [5.74, 6) is 1.40. The van der Waals surface area contributed by atoms with Crippen LogP contribution in [0.3, 0.4) is 0 Å². The molecule has 0 fully saturated rings. The van der Waals surface area contributed by atoms with Gasteiger partial charge < -0.3 is 13.8 Å². The fourth-order valence-corrected chi connectivity index (χ4v) is 14.0. The monoisotopic (exact) mass is 1030 g/mol. The highest BCUT2D eigenvalue weighted by molar-refractivity contribution is 6.45. The molecule has 5 heterocycles. The maximum atomic E-state index is 6.95. The van der Waals surface area contributed by atoms with Gasteiger partial charge in [-0.1, -0.05) is 180 Å². The first-order valence-electron chi connectivity index (χ1n) is 28.2. The van der Waals surface area contributed by atoms with Gasteiger partial charge in [0, 0.05) is 86.1 Å². The maximum absolute atomic E-state index is 6.95. The maximum Gasteiger partial charge on any atom is 0.0643 e. The third kappa shape index (κ3) is 6.65. The van der Waals surface area contributed by atoms with E-state index in [1.807, 2.05) is 24.3 Å². The molecule has 0 saturated heterocycles. The predicted octanol–water partition coefficient (Wildman–Crippen LogP) is 20.3. The number of aromatic amines is 1. The SMILES string of the molecule is CC(C)c1ccc2c(c1)c1c3c4ccccc4n4c5ccc(C(C)C)cc5c(c5c6ccccc6n2c51)c34.Cc1ccc2c(c1)-c1c(c(-c3ccccc3Cl)c3c([nH]c4ccc(C(C)C)cc43)c1-c1ccccc1Cl)C2.[2H][B][2H]. The van der Waals surface area contributed by atoms with E-state index in [-0.39, 0.29) is 0 Å². The molecule has 1 aliphatic rings. The zero-order valence-corrected chi connectivity index (χ0v) is 45.8. The van der Waals surface area contributed by atoms with Gasteiger partial charge in [-0.05, 0) is 139 Å². The topological polar surface area (TPSA) is 24.6 Å². The molecule has 5 aromatic heterocycles. The van der Waals surface area contributed by atoms with Gasteiger partial charge in [0.05, 0.1) is 47.0 Å². The minimum Gasteiger partial charge on any atom is -0.354 e. The van der Waals surface area contributed by atoms with E-state index < -0.39 is 0 Å². The summed E-state index contributed by atoms with van der Waals surface area (Å²) < 4.78 is 16.6. The second kappa shape index (κ2) is 17.4. The van der Waals surface area contributed by atoms with Crippen LogP contribution in [0.4, 0.5) is 0 Å². The minimum atomic E-state index is 0.429. The van der Waals surface area contributed by atoms with Crippen LogP contribution in [0.15, 0.2) is 170 Å². The minimum absolute atomic E-state index is 0.429. The number of fused-ring (bicyclic) bond motifs is 20. The van der Waals surface area contributed by atoms with Crippen molar-refractivity contribution in [1.82, 2.24) is 13.8 Å². The highest BCUT2D eigenvalue weighted by Crippen LogP contribution is 2.56. The molecule has 15 aromatic rings. The molecule has 3 nitrogen and oxygen atoms in total. The molecule has 1 radical (unpaired) electrons. The number of halogens is 2. The average molecular weight is 1040 g/mol. The number of hydrogen-bond donors (Lipinski definition) is 1. The zero-order chi connectivity index (χ0) is 54.3. The van der Waals surface area contributed by atoms with E-state index in [2.05, 4.69) is 208 Å². The summed E-state index contributed by atoms with van der Waals surface area (Å²) in [6.45, 7) is 15.8. The number of benzene rings is 10. The Morgan fingerprint density at radius 2 is 0.909 bits per heavy atom. The lowest BCUT2D eigenvalue weighted by Gasteiger charge is -2.19. The van der Waals surface area contributed by atoms with E-state index in [9.17, 15) is 0 Å². The summed E-state index contributed by atoms with van der Waals surface area (Å²) in [4.78, 5) is 3.84. The molecule has 0 aliphatic heterocycles. The van der Waals surface area contributed by atoms with Gasteiger partial charge in [0.1, 0.15) is 0 Å². The molecule has 10 aromatic carbocycles. The molecule has 0 spiro atoms. The number of rotatable bonds is 5. The summed E-state index contributed by atoms with van der Waals surface area (Å²) in [6, 6.07) is 62.4. The number of H-pyrrole nitrogens is 1. The number of nitrogens with zero attached hydrogens (tertiary/aromatic N) is 2. The summed E-state index contributed by atoms with van der Waals surface area (Å²) in [5, 5.41) is 15.0. The van der Waals surface area contributed by atoms with Gasteiger partial charge in [-0.3, -0.25) is 0 Å². The van der Waals surface area contributed by atoms with Crippen LogP contribution >= 0.6 is 23.2 Å². The second-order valence-corrected chi connectivity index (χ2v) is 23.3. The second-order valence-electron chi connectivity index (χ2n) is 22.5. The van der Waals surface area contributed by atoms with Crippen LogP contribution < -0.4 is 0 Å². The standard InChI is InChI=1S/C36H28N2.C35H27Cl2N.BH2/c1-19(2)21-13-15-29-25(17-21)33-31-23-9-5-8-12-28(23)38-30-16-14-22(20(3)4)18-26(30)34(36(31)38)32-24-10-6-7-11-27(24)37(29)35(32)33;1-19(2)21-14-15-30-26(17-21)34-31(23-8-4-6-10-28(23)36)27-18-22-13-12-20(3)16-25(22)32(27)33(35(34)38-30)24-9-5-7-11-29(24)37;/h5-20H,1-4H3;4-17,19,38H,18H2,1-3H3;1H2/i;;1D2. The number of aryl methyl sites for hydroxylation is 1. The van der Waals surface area contributed by atoms with Gasteiger partial charge in [-0.15, -0.1) is 0 Å². The van der Waals surface area contributed by atoms with Crippen LogP contribution in [-0.2, 0) is 6.42 Å². The third-order valence-corrected chi connectivity index (χ3v) is 17.8. The van der Waals surface area contributed by atoms with Crippen molar-refractivity contribution in [3.8, 4) is 33.4 Å². The normalized spacial score (nSPS) is 12.9. The van der Waals surface area contributed by atoms with Crippen molar-refractivity contribution in [3.63, 3.8) is 0 Å². The molecule has 0 saturated carbocycles. The van der Waals surface area contributed by atoms with Crippen LogP contribution in [0.2, 0.25) is 10.0 Å². The van der Waals surface area contributed by atoms with Crippen molar-refractivity contribution < 1.29 is 0 Å². The van der Waals surface area contributed by atoms with Crippen LogP contribution in [0.5, 0.6) is 0 Å². The van der Waals surface area contributed by atoms with Gasteiger partial charge in [0.25, 0.3) is 0 Å². The predicted molar refractivity (Wildman–Crippen MR) is 336 cm³/mol. The summed E-state index contributed by atoms with van der Waals surface area (Å²) in [5.41, 5.74) is 25.3. The number of hydrogen-bond acceptors (Lipinski definition) is 0. The van der Waals surface area contributed by atoms with E-state index >= 15 is 0 Å². The molecule has 0 bridgehead atoms. The van der Waals surface area contributed by atoms with Gasteiger partial charge in [0.2, 0.25) is 0 Å². The highest BCUT2D eigenvalue weighted by Gasteiger charge is 2.33. The molecule has 1 aliphatic carbocycles. The molecule has 0 atom stereocenters. The number of para-hydroxylation sites is 2. The Morgan fingerprint density at radius 3 is 1.44 bits per heavy atom. The first kappa shape index (κ1) is 45.4. The van der Waals surface area contributed by atoms with Crippen LogP contribution in [0, 0.1) is 6.92 Å². The largest absolute Gasteiger partial charge is 0.354 e. The van der Waals surface area contributed by atoms with Crippen molar-refractivity contribution in [2.45, 2.75) is 72.6 Å². The van der Waals surface area contributed by atoms with E-state index in [1.165, 1.54) is 143 Å². The fourth-order valence-electron chi connectivity index (χ4n) is 13.5. The lowest BCUT2D eigenvalue weighted by molar-refractivity contribution is 0.868. The van der Waals surface area contributed by atoms with E-state index in [1.54, 1.807) is 0 Å². The van der Waals surface area contributed by atoms with E-state index in [4.69, 9.17) is 25.9 Å². The third-order valence-electron chi connectivity index (χ3n) is 17.1. The molecule has 16 rings (SSSR count). The fraction of sp³-hybridized carbons (Fsp3) is 0.155. The van der Waals surface area contributed by atoms with Crippen LogP contribution in [0.25, 0.3) is 131 Å². The number of aromatic nitrogens is 3. The first-order chi connectivity index (χ1) is 38.4. The molecule has 77 heavy (non-hydrogen) atoms. The van der Waals surface area contributed by atoms with Crippen molar-refractivity contribution in [2.75, 3.05) is 0 Å². The molecular weight excluding hydrogens is 977 g/mol. The van der Waals surface area contributed by atoms with Crippen molar-refractivity contribution in [1.29, 1.82) is 2.67 Å². The molecule has 1 N–H and O–H groups in total. The Bertz CT molecular complexity index is 4790. The Labute approximate surface area is 462 Å². The Kier molecular flexibility index (Phi) is 10.3. The summed E-state index contributed by atoms with van der Waals surface area (Å²) in [6.07, 6.45) is 0.857. The lowest BCUT2D eigenvalue weighted by atomic mass is 9.85. The Hall–Kier alpha value is -7.76. The molecule has 6 heteroatoms.